The van der Waals surface area contributed by atoms with Crippen molar-refractivity contribution in [1.29, 1.82) is 0 Å². The maximum atomic E-state index is 13.9. The van der Waals surface area contributed by atoms with Crippen molar-refractivity contribution in [3.8, 4) is 11.3 Å². The monoisotopic (exact) mass is 488 g/mol. The molecule has 0 unspecified atom stereocenters. The lowest BCUT2D eigenvalue weighted by Gasteiger charge is -2.09. The number of carbonyl (C=O) groups is 1. The van der Waals surface area contributed by atoms with Gasteiger partial charge in [-0.15, -0.1) is 0 Å². The predicted molar refractivity (Wildman–Crippen MR) is 113 cm³/mol. The standard InChI is InChI=1S/C21H15BrF2N4O3/c22-13-3-6-17(16(24)9-13)25-18(30)10-27-7-8-28-20(21(27)31)15(11-29)19(26-28)12-1-4-14(23)5-2-12/h1-9,29H,10-11H2,(H,25,30). The number of nitrogens with one attached hydrogen (secondary N) is 1. The van der Waals surface area contributed by atoms with Crippen LogP contribution < -0.4 is 10.9 Å². The molecule has 0 radical (unpaired) electrons. The quantitative estimate of drug-likeness (QED) is 0.450. The number of fused-ring (bicyclic) bond motifs is 1. The van der Waals surface area contributed by atoms with Crippen LogP contribution in [-0.4, -0.2) is 25.2 Å². The maximum absolute atomic E-state index is 13.9. The number of halogens is 3. The fourth-order valence-corrected chi connectivity index (χ4v) is 3.53. The Labute approximate surface area is 182 Å². The second kappa shape index (κ2) is 8.40. The molecular formula is C21H15BrF2N4O3. The third kappa shape index (κ3) is 4.12. The van der Waals surface area contributed by atoms with E-state index in [1.165, 1.54) is 53.3 Å². The fraction of sp³-hybridized carbons (Fsp3) is 0.0952. The number of hydrogen-bond donors (Lipinski definition) is 2. The molecule has 0 aliphatic heterocycles. The van der Waals surface area contributed by atoms with Gasteiger partial charge >= 0.3 is 0 Å². The zero-order valence-corrected chi connectivity index (χ0v) is 17.4. The summed E-state index contributed by atoms with van der Waals surface area (Å²) in [5.74, 6) is -1.64. The molecule has 4 rings (SSSR count). The van der Waals surface area contributed by atoms with E-state index in [4.69, 9.17) is 0 Å². The summed E-state index contributed by atoms with van der Waals surface area (Å²) in [6.07, 6.45) is 2.84. The Bertz CT molecular complexity index is 1350. The van der Waals surface area contributed by atoms with Gasteiger partial charge in [0, 0.05) is 28.0 Å². The molecule has 7 nitrogen and oxygen atoms in total. The molecule has 31 heavy (non-hydrogen) atoms. The Hall–Kier alpha value is -3.37. The number of anilines is 1. The van der Waals surface area contributed by atoms with Crippen LogP contribution in [0.4, 0.5) is 14.5 Å². The summed E-state index contributed by atoms with van der Waals surface area (Å²) in [4.78, 5) is 25.3. The molecule has 2 aromatic heterocycles. The van der Waals surface area contributed by atoms with Crippen molar-refractivity contribution in [1.82, 2.24) is 14.2 Å². The SMILES string of the molecule is O=C(Cn1ccn2nc(-c3ccc(F)cc3)c(CO)c2c1=O)Nc1ccc(Br)cc1F. The predicted octanol–water partition coefficient (Wildman–Crippen LogP) is 3.33. The molecule has 0 aliphatic carbocycles. The molecule has 2 heterocycles. The van der Waals surface area contributed by atoms with Crippen molar-refractivity contribution >= 4 is 33.0 Å². The van der Waals surface area contributed by atoms with Crippen molar-refractivity contribution in [2.24, 2.45) is 0 Å². The molecule has 2 N–H and O–H groups in total. The van der Waals surface area contributed by atoms with Gasteiger partial charge in [-0.25, -0.2) is 13.3 Å². The topological polar surface area (TPSA) is 88.6 Å². The molecule has 0 spiro atoms. The largest absolute Gasteiger partial charge is 0.392 e. The van der Waals surface area contributed by atoms with Gasteiger partial charge in [-0.05, 0) is 42.5 Å². The van der Waals surface area contributed by atoms with Crippen LogP contribution in [0.2, 0.25) is 0 Å². The highest BCUT2D eigenvalue weighted by molar-refractivity contribution is 9.10. The lowest BCUT2D eigenvalue weighted by Crippen LogP contribution is -2.28. The van der Waals surface area contributed by atoms with Crippen molar-refractivity contribution in [3.63, 3.8) is 0 Å². The van der Waals surface area contributed by atoms with Gasteiger partial charge in [-0.3, -0.25) is 9.59 Å². The van der Waals surface area contributed by atoms with Crippen LogP contribution in [0.25, 0.3) is 16.8 Å². The van der Waals surface area contributed by atoms with Gasteiger partial charge in [-0.1, -0.05) is 15.9 Å². The number of aliphatic hydroxyl groups excluding tert-OH is 1. The van der Waals surface area contributed by atoms with Gasteiger partial charge in [0.2, 0.25) is 5.91 Å². The molecule has 4 aromatic rings. The zero-order valence-electron chi connectivity index (χ0n) is 15.8. The molecule has 0 bridgehead atoms. The van der Waals surface area contributed by atoms with Gasteiger partial charge in [-0.2, -0.15) is 5.10 Å². The highest BCUT2D eigenvalue weighted by Crippen LogP contribution is 2.25. The number of aromatic nitrogens is 3. The van der Waals surface area contributed by atoms with Crippen LogP contribution in [0.1, 0.15) is 5.56 Å². The number of aliphatic hydroxyl groups is 1. The van der Waals surface area contributed by atoms with E-state index in [0.29, 0.717) is 15.7 Å². The van der Waals surface area contributed by atoms with Gasteiger partial charge in [0.25, 0.3) is 5.56 Å². The number of amides is 1. The van der Waals surface area contributed by atoms with Crippen molar-refractivity contribution in [2.75, 3.05) is 5.32 Å². The Morgan fingerprint density at radius 2 is 1.87 bits per heavy atom. The third-order valence-electron chi connectivity index (χ3n) is 4.65. The zero-order chi connectivity index (χ0) is 22.1. The molecule has 1 amide bonds. The van der Waals surface area contributed by atoms with Crippen LogP contribution in [0.3, 0.4) is 0 Å². The van der Waals surface area contributed by atoms with E-state index in [1.54, 1.807) is 6.07 Å². The molecule has 0 saturated carbocycles. The molecule has 0 saturated heterocycles. The maximum Gasteiger partial charge on any atom is 0.277 e. The third-order valence-corrected chi connectivity index (χ3v) is 5.15. The van der Waals surface area contributed by atoms with E-state index >= 15 is 0 Å². The summed E-state index contributed by atoms with van der Waals surface area (Å²) in [6.45, 7) is -0.849. The van der Waals surface area contributed by atoms with Crippen LogP contribution in [0.5, 0.6) is 0 Å². The molecule has 158 valence electrons. The number of nitrogens with zero attached hydrogens (tertiary/aromatic N) is 3. The van der Waals surface area contributed by atoms with Crippen LogP contribution >= 0.6 is 15.9 Å². The highest BCUT2D eigenvalue weighted by Gasteiger charge is 2.19. The summed E-state index contributed by atoms with van der Waals surface area (Å²) < 4.78 is 30.1. The summed E-state index contributed by atoms with van der Waals surface area (Å²) in [5, 5.41) is 16.6. The minimum absolute atomic E-state index is 0.0127. The summed E-state index contributed by atoms with van der Waals surface area (Å²) in [6, 6.07) is 9.69. The Kier molecular flexibility index (Phi) is 5.66. The minimum atomic E-state index is -0.618. The number of benzene rings is 2. The lowest BCUT2D eigenvalue weighted by atomic mass is 10.1. The molecule has 0 fully saturated rings. The molecule has 0 aliphatic rings. The average Bonchev–Trinajstić information content (AvgIpc) is 3.12. The first kappa shape index (κ1) is 20.9. The van der Waals surface area contributed by atoms with E-state index in [1.807, 2.05) is 0 Å². The van der Waals surface area contributed by atoms with Gasteiger partial charge < -0.3 is 15.0 Å². The number of hydrogen-bond acceptors (Lipinski definition) is 4. The second-order valence-corrected chi connectivity index (χ2v) is 7.60. The van der Waals surface area contributed by atoms with Crippen LogP contribution in [0, 0.1) is 11.6 Å². The number of rotatable bonds is 5. The van der Waals surface area contributed by atoms with Crippen molar-refractivity contribution in [3.05, 3.63) is 86.9 Å². The van der Waals surface area contributed by atoms with Crippen LogP contribution in [0.15, 0.2) is 64.1 Å². The van der Waals surface area contributed by atoms with Crippen molar-refractivity contribution in [2.45, 2.75) is 13.2 Å². The number of carbonyl (C=O) groups excluding carboxylic acids is 1. The van der Waals surface area contributed by atoms with E-state index in [2.05, 4.69) is 26.3 Å². The first-order valence-corrected chi connectivity index (χ1v) is 9.89. The smallest absolute Gasteiger partial charge is 0.277 e. The first-order valence-electron chi connectivity index (χ1n) is 9.09. The van der Waals surface area contributed by atoms with E-state index in [0.717, 1.165) is 4.57 Å². The fourth-order valence-electron chi connectivity index (χ4n) is 3.20. The summed E-state index contributed by atoms with van der Waals surface area (Å²) in [5.41, 5.74) is 0.639. The second-order valence-electron chi connectivity index (χ2n) is 6.69. The Morgan fingerprint density at radius 3 is 2.55 bits per heavy atom. The molecule has 2 aromatic carbocycles. The Balaban J connectivity index is 1.68. The minimum Gasteiger partial charge on any atom is -0.392 e. The highest BCUT2D eigenvalue weighted by atomic mass is 79.9. The summed E-state index contributed by atoms with van der Waals surface area (Å²) in [7, 11) is 0. The van der Waals surface area contributed by atoms with Crippen molar-refractivity contribution < 1.29 is 18.7 Å². The van der Waals surface area contributed by atoms with E-state index in [9.17, 15) is 23.5 Å². The molecule has 10 heteroatoms. The van der Waals surface area contributed by atoms with Gasteiger partial charge in [0.05, 0.1) is 18.0 Å². The molecular weight excluding hydrogens is 474 g/mol. The lowest BCUT2D eigenvalue weighted by molar-refractivity contribution is -0.116. The van der Waals surface area contributed by atoms with E-state index < -0.39 is 29.7 Å². The van der Waals surface area contributed by atoms with Gasteiger partial charge in [0.15, 0.2) is 0 Å². The normalized spacial score (nSPS) is 11.1. The van der Waals surface area contributed by atoms with E-state index in [-0.39, 0.29) is 23.3 Å². The molecule has 0 atom stereocenters. The first-order chi connectivity index (χ1) is 14.9. The van der Waals surface area contributed by atoms with Crippen LogP contribution in [-0.2, 0) is 17.9 Å². The average molecular weight is 489 g/mol. The Morgan fingerprint density at radius 1 is 1.13 bits per heavy atom. The summed E-state index contributed by atoms with van der Waals surface area (Å²) >= 11 is 3.14. The van der Waals surface area contributed by atoms with Gasteiger partial charge in [0.1, 0.15) is 23.7 Å².